The van der Waals surface area contributed by atoms with E-state index in [0.29, 0.717) is 5.92 Å². The summed E-state index contributed by atoms with van der Waals surface area (Å²) in [6, 6.07) is 0. The van der Waals surface area contributed by atoms with Crippen LogP contribution in [0.2, 0.25) is 0 Å². The predicted molar refractivity (Wildman–Crippen MR) is 28.0 cm³/mol. The fraction of sp³-hybridized carbons (Fsp3) is 0.833. The summed E-state index contributed by atoms with van der Waals surface area (Å²) in [5.74, 6) is 0.644. The van der Waals surface area contributed by atoms with E-state index >= 15 is 0 Å². The molecule has 0 amide bonds. The van der Waals surface area contributed by atoms with Gasteiger partial charge in [0.25, 0.3) is 0 Å². The number of hydrogen-bond acceptors (Lipinski definition) is 1. The fourth-order valence-electron chi connectivity index (χ4n) is 0.765. The Hall–Kier alpha value is -0.330. The Morgan fingerprint density at radius 2 is 2.29 bits per heavy atom. The third-order valence-electron chi connectivity index (χ3n) is 1.98. The summed E-state index contributed by atoms with van der Waals surface area (Å²) in [6.45, 7) is 4.11. The van der Waals surface area contributed by atoms with Gasteiger partial charge >= 0.3 is 0 Å². The summed E-state index contributed by atoms with van der Waals surface area (Å²) in [4.78, 5) is 10.1. The SMILES string of the molecule is CC1CC1(C)C=O. The molecule has 0 bridgehead atoms. The lowest BCUT2D eigenvalue weighted by atomic mass is 10.1. The van der Waals surface area contributed by atoms with Gasteiger partial charge in [-0.1, -0.05) is 13.8 Å². The number of aldehydes is 1. The van der Waals surface area contributed by atoms with Crippen LogP contribution in [0, 0.1) is 11.3 Å². The van der Waals surface area contributed by atoms with Crippen molar-refractivity contribution in [3.8, 4) is 0 Å². The molecule has 1 fully saturated rings. The van der Waals surface area contributed by atoms with Crippen LogP contribution < -0.4 is 0 Å². The number of hydrogen-bond donors (Lipinski definition) is 0. The summed E-state index contributed by atoms with van der Waals surface area (Å²) in [6.07, 6.45) is 2.16. The first kappa shape index (κ1) is 4.82. The standard InChI is InChI=1S/C6H10O/c1-5-3-6(5,2)4-7/h4-5H,3H2,1-2H3. The minimum Gasteiger partial charge on any atom is -0.303 e. The first-order chi connectivity index (χ1) is 3.19. The van der Waals surface area contributed by atoms with Crippen LogP contribution in [0.25, 0.3) is 0 Å². The van der Waals surface area contributed by atoms with Crippen LogP contribution in [0.1, 0.15) is 20.3 Å². The third kappa shape index (κ3) is 0.561. The van der Waals surface area contributed by atoms with Gasteiger partial charge in [-0.2, -0.15) is 0 Å². The third-order valence-corrected chi connectivity index (χ3v) is 1.98. The van der Waals surface area contributed by atoms with Gasteiger partial charge in [-0.15, -0.1) is 0 Å². The minimum absolute atomic E-state index is 0.0694. The Balaban J connectivity index is 2.51. The molecular weight excluding hydrogens is 88.1 g/mol. The van der Waals surface area contributed by atoms with Gasteiger partial charge in [0.15, 0.2) is 0 Å². The highest BCUT2D eigenvalue weighted by atomic mass is 16.1. The molecule has 0 aliphatic heterocycles. The van der Waals surface area contributed by atoms with E-state index in [9.17, 15) is 4.79 Å². The lowest BCUT2D eigenvalue weighted by molar-refractivity contribution is -0.112. The van der Waals surface area contributed by atoms with E-state index < -0.39 is 0 Å². The molecule has 0 saturated heterocycles. The molecule has 0 heterocycles. The fourth-order valence-corrected chi connectivity index (χ4v) is 0.765. The quantitative estimate of drug-likeness (QED) is 0.451. The molecule has 0 spiro atoms. The Kier molecular flexibility index (Phi) is 0.748. The van der Waals surface area contributed by atoms with E-state index in [-0.39, 0.29) is 5.41 Å². The van der Waals surface area contributed by atoms with Crippen LogP contribution in [-0.2, 0) is 4.79 Å². The average Bonchev–Trinajstić information content (AvgIpc) is 2.18. The Morgan fingerprint density at radius 1 is 1.86 bits per heavy atom. The summed E-state index contributed by atoms with van der Waals surface area (Å²) in [5, 5.41) is 0. The molecule has 2 unspecified atom stereocenters. The summed E-state index contributed by atoms with van der Waals surface area (Å²) < 4.78 is 0. The smallest absolute Gasteiger partial charge is 0.126 e. The molecule has 40 valence electrons. The van der Waals surface area contributed by atoms with Crippen molar-refractivity contribution in [2.45, 2.75) is 20.3 Å². The first-order valence-electron chi connectivity index (χ1n) is 2.65. The van der Waals surface area contributed by atoms with Crippen LogP contribution in [0.5, 0.6) is 0 Å². The zero-order chi connectivity index (χ0) is 5.49. The van der Waals surface area contributed by atoms with Gasteiger partial charge in [0.1, 0.15) is 6.29 Å². The van der Waals surface area contributed by atoms with Gasteiger partial charge < -0.3 is 4.79 Å². The molecule has 0 radical (unpaired) electrons. The first-order valence-corrected chi connectivity index (χ1v) is 2.65. The van der Waals surface area contributed by atoms with Crippen molar-refractivity contribution in [1.29, 1.82) is 0 Å². The van der Waals surface area contributed by atoms with E-state index in [4.69, 9.17) is 0 Å². The highest BCUT2D eigenvalue weighted by molar-refractivity contribution is 5.63. The van der Waals surface area contributed by atoms with Crippen molar-refractivity contribution in [2.24, 2.45) is 11.3 Å². The van der Waals surface area contributed by atoms with Crippen molar-refractivity contribution in [2.75, 3.05) is 0 Å². The van der Waals surface area contributed by atoms with Crippen molar-refractivity contribution < 1.29 is 4.79 Å². The van der Waals surface area contributed by atoms with Gasteiger partial charge in [-0.25, -0.2) is 0 Å². The molecule has 0 N–H and O–H groups in total. The largest absolute Gasteiger partial charge is 0.303 e. The monoisotopic (exact) mass is 98.1 g/mol. The van der Waals surface area contributed by atoms with Crippen LogP contribution in [0.3, 0.4) is 0 Å². The van der Waals surface area contributed by atoms with E-state index in [2.05, 4.69) is 6.92 Å². The highest BCUT2D eigenvalue weighted by Crippen LogP contribution is 2.49. The van der Waals surface area contributed by atoms with Crippen molar-refractivity contribution >= 4 is 6.29 Å². The van der Waals surface area contributed by atoms with Crippen molar-refractivity contribution in [1.82, 2.24) is 0 Å². The maximum atomic E-state index is 10.1. The van der Waals surface area contributed by atoms with Gasteiger partial charge in [0, 0.05) is 5.41 Å². The summed E-state index contributed by atoms with van der Waals surface area (Å²) in [5.41, 5.74) is 0.0694. The van der Waals surface area contributed by atoms with Crippen molar-refractivity contribution in [3.63, 3.8) is 0 Å². The Morgan fingerprint density at radius 3 is 2.29 bits per heavy atom. The molecule has 2 atom stereocenters. The molecular formula is C6H10O. The van der Waals surface area contributed by atoms with E-state index in [1.807, 2.05) is 6.92 Å². The number of carbonyl (C=O) groups is 1. The van der Waals surface area contributed by atoms with Crippen LogP contribution in [0.15, 0.2) is 0 Å². The van der Waals surface area contributed by atoms with Crippen LogP contribution in [0.4, 0.5) is 0 Å². The summed E-state index contributed by atoms with van der Waals surface area (Å²) in [7, 11) is 0. The molecule has 0 aromatic rings. The van der Waals surface area contributed by atoms with Gasteiger partial charge in [-0.3, -0.25) is 0 Å². The average molecular weight is 98.1 g/mol. The minimum atomic E-state index is 0.0694. The molecule has 0 aromatic heterocycles. The molecule has 1 nitrogen and oxygen atoms in total. The van der Waals surface area contributed by atoms with Gasteiger partial charge in [0.2, 0.25) is 0 Å². The van der Waals surface area contributed by atoms with Crippen molar-refractivity contribution in [3.05, 3.63) is 0 Å². The second-order valence-electron chi connectivity index (χ2n) is 2.73. The molecule has 1 saturated carbocycles. The van der Waals surface area contributed by atoms with Crippen LogP contribution in [-0.4, -0.2) is 6.29 Å². The highest BCUT2D eigenvalue weighted by Gasteiger charge is 2.46. The van der Waals surface area contributed by atoms with Gasteiger partial charge in [-0.05, 0) is 12.3 Å². The van der Waals surface area contributed by atoms with E-state index in [1.165, 1.54) is 0 Å². The maximum Gasteiger partial charge on any atom is 0.126 e. The number of carbonyl (C=O) groups excluding carboxylic acids is 1. The molecule has 1 aliphatic rings. The van der Waals surface area contributed by atoms with E-state index in [0.717, 1.165) is 12.7 Å². The zero-order valence-electron chi connectivity index (χ0n) is 4.77. The molecule has 0 aromatic carbocycles. The molecule has 7 heavy (non-hydrogen) atoms. The molecule has 1 heteroatoms. The number of rotatable bonds is 1. The second kappa shape index (κ2) is 1.09. The molecule has 1 aliphatic carbocycles. The molecule has 1 rings (SSSR count). The Bertz CT molecular complexity index is 98.4. The van der Waals surface area contributed by atoms with Crippen LogP contribution >= 0.6 is 0 Å². The lowest BCUT2D eigenvalue weighted by Gasteiger charge is -1.90. The maximum absolute atomic E-state index is 10.1. The Labute approximate surface area is 43.7 Å². The van der Waals surface area contributed by atoms with Gasteiger partial charge in [0.05, 0.1) is 0 Å². The zero-order valence-corrected chi connectivity index (χ0v) is 4.77. The normalized spacial score (nSPS) is 48.6. The predicted octanol–water partition coefficient (Wildman–Crippen LogP) is 1.23. The summed E-state index contributed by atoms with van der Waals surface area (Å²) >= 11 is 0. The lowest BCUT2D eigenvalue weighted by Crippen LogP contribution is -1.95. The van der Waals surface area contributed by atoms with E-state index in [1.54, 1.807) is 0 Å². The topological polar surface area (TPSA) is 17.1 Å². The second-order valence-corrected chi connectivity index (χ2v) is 2.73.